The fraction of sp³-hybridized carbons (Fsp3) is 1.00. The Morgan fingerprint density at radius 3 is 0.750 bits per heavy atom. The summed E-state index contributed by atoms with van der Waals surface area (Å²) < 4.78 is 25.8. The molecule has 28 heavy (non-hydrogen) atoms. The van der Waals surface area contributed by atoms with Gasteiger partial charge in [0, 0.05) is 0 Å². The first kappa shape index (κ1) is 26.6. The SMILES string of the molecule is NCCCC[Si]1O[Si](CCCCN)O[Si](CCCCN)O[Si](CCCCN)O1. The summed E-state index contributed by atoms with van der Waals surface area (Å²) in [6.07, 6.45) is 8.15. The lowest BCUT2D eigenvalue weighted by Crippen LogP contribution is -2.48. The van der Waals surface area contributed by atoms with Crippen molar-refractivity contribution < 1.29 is 16.5 Å². The summed E-state index contributed by atoms with van der Waals surface area (Å²) in [5.74, 6) is 0. The van der Waals surface area contributed by atoms with E-state index >= 15 is 0 Å². The second kappa shape index (κ2) is 18.3. The normalized spacial score (nSPS) is 18.4. The van der Waals surface area contributed by atoms with Gasteiger partial charge in [-0.3, -0.25) is 0 Å². The molecule has 0 atom stereocenters. The van der Waals surface area contributed by atoms with Crippen molar-refractivity contribution in [2.75, 3.05) is 26.2 Å². The molecule has 1 aliphatic heterocycles. The average Bonchev–Trinajstić information content (AvgIpc) is 2.66. The highest BCUT2D eigenvalue weighted by Gasteiger charge is 2.37. The summed E-state index contributed by atoms with van der Waals surface area (Å²) in [7, 11) is -5.51. The highest BCUT2D eigenvalue weighted by atomic mass is 28.5. The zero-order valence-corrected chi connectivity index (χ0v) is 21.3. The van der Waals surface area contributed by atoms with E-state index in [1.807, 2.05) is 0 Å². The maximum absolute atomic E-state index is 6.46. The largest absolute Gasteiger partial charge is 0.414 e. The molecular formula is C16H40N4O4Si4. The van der Waals surface area contributed by atoms with Crippen LogP contribution in [0.2, 0.25) is 24.2 Å². The van der Waals surface area contributed by atoms with E-state index in [1.165, 1.54) is 0 Å². The van der Waals surface area contributed by atoms with Crippen LogP contribution in [0.5, 0.6) is 0 Å². The Morgan fingerprint density at radius 2 is 0.571 bits per heavy atom. The van der Waals surface area contributed by atoms with Gasteiger partial charge in [-0.05, 0) is 76.0 Å². The van der Waals surface area contributed by atoms with Gasteiger partial charge in [0.1, 0.15) is 0 Å². The molecule has 0 unspecified atom stereocenters. The monoisotopic (exact) mass is 464 g/mol. The molecule has 4 radical (unpaired) electrons. The number of unbranched alkanes of at least 4 members (excludes halogenated alkanes) is 4. The summed E-state index contributed by atoms with van der Waals surface area (Å²) in [5, 5.41) is 0. The average molecular weight is 465 g/mol. The lowest BCUT2D eigenvalue weighted by molar-refractivity contribution is 0.276. The molecule has 0 bridgehead atoms. The van der Waals surface area contributed by atoms with Crippen LogP contribution in [-0.2, 0) is 16.5 Å². The second-order valence-corrected chi connectivity index (χ2v) is 15.1. The van der Waals surface area contributed by atoms with Crippen molar-refractivity contribution in [3.05, 3.63) is 0 Å². The van der Waals surface area contributed by atoms with E-state index in [1.54, 1.807) is 0 Å². The number of rotatable bonds is 16. The molecule has 8 N–H and O–H groups in total. The maximum Gasteiger partial charge on any atom is 0.365 e. The summed E-state index contributed by atoms with van der Waals surface area (Å²) in [4.78, 5) is 0. The van der Waals surface area contributed by atoms with Gasteiger partial charge in [0.15, 0.2) is 0 Å². The molecule has 0 aromatic rings. The Labute approximate surface area is 178 Å². The molecule has 1 rings (SSSR count). The van der Waals surface area contributed by atoms with E-state index in [0.29, 0.717) is 26.2 Å². The van der Waals surface area contributed by atoms with Crippen LogP contribution in [0, 0.1) is 0 Å². The molecule has 0 aromatic carbocycles. The van der Waals surface area contributed by atoms with Gasteiger partial charge in [0.05, 0.1) is 0 Å². The van der Waals surface area contributed by atoms with Gasteiger partial charge < -0.3 is 39.4 Å². The second-order valence-electron chi connectivity index (χ2n) is 6.88. The van der Waals surface area contributed by atoms with Crippen molar-refractivity contribution in [2.45, 2.75) is 75.5 Å². The Hall–Kier alpha value is 0.548. The van der Waals surface area contributed by atoms with Crippen molar-refractivity contribution in [1.29, 1.82) is 0 Å². The molecular weight excluding hydrogens is 425 g/mol. The van der Waals surface area contributed by atoms with Crippen LogP contribution < -0.4 is 22.9 Å². The van der Waals surface area contributed by atoms with E-state index in [4.69, 9.17) is 39.4 Å². The predicted octanol–water partition coefficient (Wildman–Crippen LogP) is 0.975. The molecule has 1 fully saturated rings. The first-order chi connectivity index (χ1) is 13.7. The Balaban J connectivity index is 2.71. The molecule has 8 nitrogen and oxygen atoms in total. The molecule has 0 aliphatic carbocycles. The third-order valence-corrected chi connectivity index (χ3v) is 14.6. The smallest absolute Gasteiger partial charge is 0.365 e. The molecule has 0 amide bonds. The number of hydrogen-bond donors (Lipinski definition) is 4. The highest BCUT2D eigenvalue weighted by Crippen LogP contribution is 2.20. The standard InChI is InChI=1S/C16H40N4O4Si4/c17-9-1-5-13-25-21-26(14-6-2-10-18)23-28(16-8-4-12-20)24-27(22-25)15-7-3-11-19/h1-20H2. The van der Waals surface area contributed by atoms with Crippen LogP contribution >= 0.6 is 0 Å². The van der Waals surface area contributed by atoms with Gasteiger partial charge in [-0.25, -0.2) is 0 Å². The molecule has 0 aromatic heterocycles. The van der Waals surface area contributed by atoms with Crippen LogP contribution in [0.4, 0.5) is 0 Å². The quantitative estimate of drug-likeness (QED) is 0.196. The topological polar surface area (TPSA) is 141 Å². The molecule has 0 saturated carbocycles. The third-order valence-electron chi connectivity index (χ3n) is 4.25. The Kier molecular flexibility index (Phi) is 17.4. The van der Waals surface area contributed by atoms with Crippen molar-refractivity contribution in [3.8, 4) is 0 Å². The summed E-state index contributed by atoms with van der Waals surface area (Å²) in [6.45, 7) is 2.83. The molecule has 12 heteroatoms. The van der Waals surface area contributed by atoms with Crippen LogP contribution in [0.15, 0.2) is 0 Å². The van der Waals surface area contributed by atoms with Crippen LogP contribution in [-0.4, -0.2) is 63.3 Å². The van der Waals surface area contributed by atoms with E-state index in [9.17, 15) is 0 Å². The fourth-order valence-corrected chi connectivity index (χ4v) is 14.3. The van der Waals surface area contributed by atoms with Gasteiger partial charge in [0.2, 0.25) is 0 Å². The molecule has 0 spiro atoms. The van der Waals surface area contributed by atoms with Gasteiger partial charge in [-0.15, -0.1) is 0 Å². The zero-order valence-electron chi connectivity index (χ0n) is 17.3. The van der Waals surface area contributed by atoms with Crippen LogP contribution in [0.1, 0.15) is 51.4 Å². The third kappa shape index (κ3) is 13.0. The summed E-state index contributed by atoms with van der Waals surface area (Å²) in [6, 6.07) is 3.78. The van der Waals surface area contributed by atoms with Gasteiger partial charge in [-0.2, -0.15) is 0 Å². The van der Waals surface area contributed by atoms with Gasteiger partial charge >= 0.3 is 37.1 Å². The van der Waals surface area contributed by atoms with E-state index < -0.39 is 37.1 Å². The highest BCUT2D eigenvalue weighted by molar-refractivity contribution is 6.73. The van der Waals surface area contributed by atoms with Crippen molar-refractivity contribution in [2.24, 2.45) is 22.9 Å². The maximum atomic E-state index is 6.46. The minimum atomic E-state index is -1.38. The van der Waals surface area contributed by atoms with Gasteiger partial charge in [-0.1, -0.05) is 25.7 Å². The Morgan fingerprint density at radius 1 is 0.357 bits per heavy atom. The first-order valence-corrected chi connectivity index (χ1v) is 16.8. The zero-order chi connectivity index (χ0) is 20.5. The fourth-order valence-electron chi connectivity index (χ4n) is 2.65. The van der Waals surface area contributed by atoms with Gasteiger partial charge in [0.25, 0.3) is 0 Å². The van der Waals surface area contributed by atoms with Crippen molar-refractivity contribution in [3.63, 3.8) is 0 Å². The predicted molar refractivity (Wildman–Crippen MR) is 120 cm³/mol. The van der Waals surface area contributed by atoms with E-state index in [-0.39, 0.29) is 0 Å². The number of hydrogen-bond acceptors (Lipinski definition) is 8. The first-order valence-electron chi connectivity index (χ1n) is 10.7. The summed E-state index contributed by atoms with van der Waals surface area (Å²) in [5.41, 5.74) is 22.6. The molecule has 1 saturated heterocycles. The van der Waals surface area contributed by atoms with E-state index in [0.717, 1.165) is 75.5 Å². The lowest BCUT2D eigenvalue weighted by Gasteiger charge is -2.32. The number of nitrogens with two attached hydrogens (primary N) is 4. The van der Waals surface area contributed by atoms with Crippen molar-refractivity contribution in [1.82, 2.24) is 0 Å². The lowest BCUT2D eigenvalue weighted by atomic mass is 10.3. The summed E-state index contributed by atoms with van der Waals surface area (Å²) >= 11 is 0. The molecule has 1 heterocycles. The minimum absolute atomic E-state index is 0.707. The van der Waals surface area contributed by atoms with Crippen molar-refractivity contribution >= 4 is 37.1 Å². The molecule has 164 valence electrons. The Bertz CT molecular complexity index is 295. The van der Waals surface area contributed by atoms with Crippen LogP contribution in [0.3, 0.4) is 0 Å². The minimum Gasteiger partial charge on any atom is -0.414 e. The van der Waals surface area contributed by atoms with Crippen LogP contribution in [0.25, 0.3) is 0 Å². The van der Waals surface area contributed by atoms with E-state index in [2.05, 4.69) is 0 Å². The molecule has 1 aliphatic rings.